The Bertz CT molecular complexity index is 314. The van der Waals surface area contributed by atoms with Crippen LogP contribution in [0.2, 0.25) is 0 Å². The number of nitrogens with two attached hydrogens (primary N) is 1. The normalized spacial score (nSPS) is 20.1. The number of aryl methyl sites for hydroxylation is 1. The predicted molar refractivity (Wildman–Crippen MR) is 67.8 cm³/mol. The third-order valence-corrected chi connectivity index (χ3v) is 3.08. The Labute approximate surface area is 97.9 Å². The lowest BCUT2D eigenvalue weighted by atomic mass is 10.1. The highest BCUT2D eigenvalue weighted by Gasteiger charge is 2.21. The number of hydrogen-bond donors (Lipinski definition) is 1. The largest absolute Gasteiger partial charge is 0.371 e. The number of halogens is 1. The lowest BCUT2D eigenvalue weighted by Crippen LogP contribution is -2.23. The Balaban J connectivity index is 0.00000112. The summed E-state index contributed by atoms with van der Waals surface area (Å²) in [6.07, 6.45) is 1.24. The van der Waals surface area contributed by atoms with Crippen LogP contribution in [0.1, 0.15) is 12.0 Å². The van der Waals surface area contributed by atoms with Crippen molar-refractivity contribution in [3.8, 4) is 0 Å². The highest BCUT2D eigenvalue weighted by atomic mass is 35.5. The summed E-state index contributed by atoms with van der Waals surface area (Å²) in [6.45, 7) is 5.28. The number of hydrogen-bond acceptors (Lipinski definition) is 2. The molecule has 2 nitrogen and oxygen atoms in total. The topological polar surface area (TPSA) is 29.3 Å². The van der Waals surface area contributed by atoms with E-state index in [9.17, 15) is 0 Å². The van der Waals surface area contributed by atoms with E-state index in [1.165, 1.54) is 17.7 Å². The van der Waals surface area contributed by atoms with Gasteiger partial charge in [-0.2, -0.15) is 0 Å². The van der Waals surface area contributed by atoms with Crippen molar-refractivity contribution < 1.29 is 0 Å². The minimum Gasteiger partial charge on any atom is -0.371 e. The van der Waals surface area contributed by atoms with Crippen LogP contribution < -0.4 is 10.6 Å². The molecule has 1 aliphatic heterocycles. The summed E-state index contributed by atoms with van der Waals surface area (Å²) in [4.78, 5) is 2.45. The van der Waals surface area contributed by atoms with E-state index in [4.69, 9.17) is 5.73 Å². The maximum Gasteiger partial charge on any atom is 0.0396 e. The molecule has 0 aliphatic carbocycles. The molecular weight excluding hydrogens is 208 g/mol. The van der Waals surface area contributed by atoms with Crippen LogP contribution >= 0.6 is 12.4 Å². The third kappa shape index (κ3) is 2.64. The Hall–Kier alpha value is -0.730. The van der Waals surface area contributed by atoms with Crippen molar-refractivity contribution in [1.82, 2.24) is 0 Å². The van der Waals surface area contributed by atoms with Gasteiger partial charge in [-0.1, -0.05) is 18.2 Å². The third-order valence-electron chi connectivity index (χ3n) is 3.08. The van der Waals surface area contributed by atoms with Crippen molar-refractivity contribution >= 4 is 18.1 Å². The SMILES string of the molecule is Cc1ccccc1N1CCC(CN)C1.Cl. The van der Waals surface area contributed by atoms with Crippen LogP contribution in [-0.2, 0) is 0 Å². The van der Waals surface area contributed by atoms with E-state index in [0.717, 1.165) is 19.6 Å². The summed E-state index contributed by atoms with van der Waals surface area (Å²) in [5.74, 6) is 0.689. The van der Waals surface area contributed by atoms with E-state index >= 15 is 0 Å². The average molecular weight is 227 g/mol. The van der Waals surface area contributed by atoms with Crippen molar-refractivity contribution in [2.45, 2.75) is 13.3 Å². The number of para-hydroxylation sites is 1. The lowest BCUT2D eigenvalue weighted by Gasteiger charge is -2.20. The van der Waals surface area contributed by atoms with Crippen molar-refractivity contribution in [3.05, 3.63) is 29.8 Å². The first kappa shape index (κ1) is 12.3. The Kier molecular flexibility index (Phi) is 4.43. The summed E-state index contributed by atoms with van der Waals surface area (Å²) in [5, 5.41) is 0. The molecule has 1 unspecified atom stereocenters. The smallest absolute Gasteiger partial charge is 0.0396 e. The highest BCUT2D eigenvalue weighted by Crippen LogP contribution is 2.25. The van der Waals surface area contributed by atoms with E-state index in [1.54, 1.807) is 0 Å². The zero-order valence-electron chi connectivity index (χ0n) is 9.15. The second-order valence-corrected chi connectivity index (χ2v) is 4.12. The number of benzene rings is 1. The molecule has 84 valence electrons. The van der Waals surface area contributed by atoms with Gasteiger partial charge in [0.15, 0.2) is 0 Å². The molecule has 3 heteroatoms. The zero-order valence-corrected chi connectivity index (χ0v) is 9.96. The highest BCUT2D eigenvalue weighted by molar-refractivity contribution is 5.85. The quantitative estimate of drug-likeness (QED) is 0.838. The Morgan fingerprint density at radius 2 is 2.13 bits per heavy atom. The van der Waals surface area contributed by atoms with Crippen molar-refractivity contribution in [2.24, 2.45) is 11.7 Å². The summed E-state index contributed by atoms with van der Waals surface area (Å²) >= 11 is 0. The molecule has 0 aromatic heterocycles. The molecular formula is C12H19ClN2. The summed E-state index contributed by atoms with van der Waals surface area (Å²) in [6, 6.07) is 8.58. The maximum atomic E-state index is 5.69. The first-order valence-corrected chi connectivity index (χ1v) is 5.32. The van der Waals surface area contributed by atoms with Crippen LogP contribution in [0.3, 0.4) is 0 Å². The molecule has 0 spiro atoms. The maximum absolute atomic E-state index is 5.69. The minimum absolute atomic E-state index is 0. The number of nitrogens with zero attached hydrogens (tertiary/aromatic N) is 1. The molecule has 15 heavy (non-hydrogen) atoms. The van der Waals surface area contributed by atoms with E-state index in [1.807, 2.05) is 0 Å². The molecule has 1 aromatic carbocycles. The molecule has 1 atom stereocenters. The second kappa shape index (κ2) is 5.38. The van der Waals surface area contributed by atoms with Gasteiger partial charge >= 0.3 is 0 Å². The molecule has 0 saturated carbocycles. The molecule has 1 saturated heterocycles. The summed E-state index contributed by atoms with van der Waals surface area (Å²) in [5.41, 5.74) is 8.43. The Morgan fingerprint density at radius 1 is 1.40 bits per heavy atom. The van der Waals surface area contributed by atoms with E-state index in [-0.39, 0.29) is 12.4 Å². The predicted octanol–water partition coefficient (Wildman–Crippen LogP) is 2.20. The molecule has 1 heterocycles. The van der Waals surface area contributed by atoms with Gasteiger partial charge in [0.2, 0.25) is 0 Å². The van der Waals surface area contributed by atoms with E-state index < -0.39 is 0 Å². The standard InChI is InChI=1S/C12H18N2.ClH/c1-10-4-2-3-5-12(10)14-7-6-11(8-13)9-14;/h2-5,11H,6-9,13H2,1H3;1H. The van der Waals surface area contributed by atoms with Gasteiger partial charge in [-0.05, 0) is 37.4 Å². The zero-order chi connectivity index (χ0) is 9.97. The van der Waals surface area contributed by atoms with Crippen LogP contribution in [0, 0.1) is 12.8 Å². The Morgan fingerprint density at radius 3 is 2.73 bits per heavy atom. The van der Waals surface area contributed by atoms with Gasteiger partial charge in [0.25, 0.3) is 0 Å². The van der Waals surface area contributed by atoms with Crippen LogP contribution in [0.25, 0.3) is 0 Å². The van der Waals surface area contributed by atoms with Gasteiger partial charge in [0.1, 0.15) is 0 Å². The van der Waals surface area contributed by atoms with Gasteiger partial charge in [-0.25, -0.2) is 0 Å². The van der Waals surface area contributed by atoms with Crippen LogP contribution in [-0.4, -0.2) is 19.6 Å². The van der Waals surface area contributed by atoms with Gasteiger partial charge in [-0.15, -0.1) is 12.4 Å². The molecule has 2 N–H and O–H groups in total. The molecule has 0 amide bonds. The van der Waals surface area contributed by atoms with Gasteiger partial charge in [0.05, 0.1) is 0 Å². The molecule has 1 aliphatic rings. The average Bonchev–Trinajstić information content (AvgIpc) is 2.67. The van der Waals surface area contributed by atoms with E-state index in [0.29, 0.717) is 5.92 Å². The first-order chi connectivity index (χ1) is 6.81. The van der Waals surface area contributed by atoms with Gasteiger partial charge in [-0.3, -0.25) is 0 Å². The van der Waals surface area contributed by atoms with Crippen molar-refractivity contribution in [3.63, 3.8) is 0 Å². The first-order valence-electron chi connectivity index (χ1n) is 5.32. The summed E-state index contributed by atoms with van der Waals surface area (Å²) in [7, 11) is 0. The van der Waals surface area contributed by atoms with Crippen LogP contribution in [0.4, 0.5) is 5.69 Å². The fourth-order valence-electron chi connectivity index (χ4n) is 2.16. The number of anilines is 1. The van der Waals surface area contributed by atoms with Gasteiger partial charge < -0.3 is 10.6 Å². The van der Waals surface area contributed by atoms with Gasteiger partial charge in [0, 0.05) is 18.8 Å². The molecule has 1 aromatic rings. The molecule has 1 fully saturated rings. The minimum atomic E-state index is 0. The monoisotopic (exact) mass is 226 g/mol. The fraction of sp³-hybridized carbons (Fsp3) is 0.500. The summed E-state index contributed by atoms with van der Waals surface area (Å²) < 4.78 is 0. The van der Waals surface area contributed by atoms with Crippen molar-refractivity contribution in [2.75, 3.05) is 24.5 Å². The van der Waals surface area contributed by atoms with Crippen LogP contribution in [0.5, 0.6) is 0 Å². The lowest BCUT2D eigenvalue weighted by molar-refractivity contribution is 0.602. The molecule has 2 rings (SSSR count). The van der Waals surface area contributed by atoms with Crippen molar-refractivity contribution in [1.29, 1.82) is 0 Å². The molecule has 0 bridgehead atoms. The van der Waals surface area contributed by atoms with E-state index in [2.05, 4.69) is 36.1 Å². The fourth-order valence-corrected chi connectivity index (χ4v) is 2.16. The number of rotatable bonds is 2. The van der Waals surface area contributed by atoms with Crippen LogP contribution in [0.15, 0.2) is 24.3 Å². The second-order valence-electron chi connectivity index (χ2n) is 4.12. The molecule has 0 radical (unpaired) electrons.